The molecule has 0 aliphatic carbocycles. The molecule has 2 aliphatic heterocycles. The van der Waals surface area contributed by atoms with Crippen LogP contribution < -0.4 is 5.32 Å². The molecule has 8 heteroatoms. The molecule has 2 fully saturated rings. The fraction of sp³-hybridized carbons (Fsp3) is 0.700. The highest BCUT2D eigenvalue weighted by atomic mass is 32.1. The Balaban J connectivity index is 1.58. The molecule has 2 aromatic rings. The van der Waals surface area contributed by atoms with E-state index in [-0.39, 0.29) is 17.9 Å². The van der Waals surface area contributed by atoms with Crippen molar-refractivity contribution in [2.45, 2.75) is 77.4 Å². The second-order valence-corrected chi connectivity index (χ2v) is 9.11. The van der Waals surface area contributed by atoms with E-state index in [2.05, 4.69) is 37.6 Å². The summed E-state index contributed by atoms with van der Waals surface area (Å²) in [5.74, 6) is 1.80. The third-order valence-corrected chi connectivity index (χ3v) is 6.79. The molecule has 4 rings (SSSR count). The number of amides is 1. The highest BCUT2D eigenvalue weighted by Crippen LogP contribution is 2.52. The number of hydrogen-bond acceptors (Lipinski definition) is 7. The van der Waals surface area contributed by atoms with Gasteiger partial charge in [0.1, 0.15) is 0 Å². The van der Waals surface area contributed by atoms with Gasteiger partial charge in [0.2, 0.25) is 11.8 Å². The van der Waals surface area contributed by atoms with E-state index in [0.29, 0.717) is 24.9 Å². The van der Waals surface area contributed by atoms with E-state index in [1.54, 1.807) is 11.3 Å². The van der Waals surface area contributed by atoms with E-state index in [1.165, 1.54) is 0 Å². The van der Waals surface area contributed by atoms with Crippen molar-refractivity contribution < 1.29 is 9.32 Å². The first-order valence-electron chi connectivity index (χ1n) is 10.3. The first-order chi connectivity index (χ1) is 13.5. The van der Waals surface area contributed by atoms with E-state index in [9.17, 15) is 4.79 Å². The molecule has 0 saturated carbocycles. The van der Waals surface area contributed by atoms with Crippen molar-refractivity contribution in [2.24, 2.45) is 5.41 Å². The largest absolute Gasteiger partial charge is 0.356 e. The zero-order valence-electron chi connectivity index (χ0n) is 16.9. The molecule has 4 heterocycles. The van der Waals surface area contributed by atoms with E-state index in [0.717, 1.165) is 43.7 Å². The lowest BCUT2D eigenvalue weighted by Crippen LogP contribution is -2.50. The van der Waals surface area contributed by atoms with E-state index < -0.39 is 5.41 Å². The number of hydrogen-bond donors (Lipinski definition) is 1. The van der Waals surface area contributed by atoms with Gasteiger partial charge in [-0.25, -0.2) is 4.98 Å². The summed E-state index contributed by atoms with van der Waals surface area (Å²) in [7, 11) is 0. The summed E-state index contributed by atoms with van der Waals surface area (Å²) in [5, 5.41) is 9.42. The molecule has 28 heavy (non-hydrogen) atoms. The first-order valence-corrected chi connectivity index (χ1v) is 11.2. The smallest absolute Gasteiger partial charge is 0.229 e. The molecular weight excluding hydrogens is 374 g/mol. The molecule has 0 aromatic carbocycles. The van der Waals surface area contributed by atoms with Crippen LogP contribution in [-0.4, -0.2) is 44.6 Å². The monoisotopic (exact) mass is 403 g/mol. The predicted molar refractivity (Wildman–Crippen MR) is 107 cm³/mol. The standard InChI is InChI=1S/C20H29N5O2S/c1-4-7-21-19(26)20(8-14-11-28-12-22-14)9-15-5-6-16(20)25(15)10-17-23-18(13(2)3)27-24-17/h11-13,15-16H,4-10H2,1-3H3,(H,21,26)/t15-,16+,20+/m1/s1. The fourth-order valence-electron chi connectivity index (χ4n) is 4.85. The third-order valence-electron chi connectivity index (χ3n) is 6.15. The van der Waals surface area contributed by atoms with Gasteiger partial charge >= 0.3 is 0 Å². The van der Waals surface area contributed by atoms with Crippen LogP contribution in [0, 0.1) is 5.41 Å². The van der Waals surface area contributed by atoms with Gasteiger partial charge in [-0.2, -0.15) is 4.98 Å². The van der Waals surface area contributed by atoms with Crippen molar-refractivity contribution in [1.82, 2.24) is 25.3 Å². The topological polar surface area (TPSA) is 84.2 Å². The molecule has 152 valence electrons. The Bertz CT molecular complexity index is 805. The molecule has 2 saturated heterocycles. The summed E-state index contributed by atoms with van der Waals surface area (Å²) in [4.78, 5) is 24.8. The van der Waals surface area contributed by atoms with Crippen LogP contribution >= 0.6 is 11.3 Å². The van der Waals surface area contributed by atoms with Crippen LogP contribution in [0.2, 0.25) is 0 Å². The van der Waals surface area contributed by atoms with Gasteiger partial charge in [0, 0.05) is 36.3 Å². The minimum atomic E-state index is -0.420. The van der Waals surface area contributed by atoms with Crippen LogP contribution in [0.15, 0.2) is 15.4 Å². The number of aromatic nitrogens is 3. The molecule has 1 amide bonds. The van der Waals surface area contributed by atoms with Gasteiger partial charge < -0.3 is 9.84 Å². The zero-order valence-corrected chi connectivity index (χ0v) is 17.7. The SMILES string of the molecule is CCCNC(=O)[C@@]1(Cc2cscn2)C[C@H]2CC[C@@H]1N2Cc1noc(C(C)C)n1. The molecule has 3 atom stereocenters. The number of nitrogens with one attached hydrogen (secondary N) is 1. The highest BCUT2D eigenvalue weighted by Gasteiger charge is 2.59. The molecule has 2 aromatic heterocycles. The second kappa shape index (κ2) is 7.91. The fourth-order valence-corrected chi connectivity index (χ4v) is 5.41. The summed E-state index contributed by atoms with van der Waals surface area (Å²) in [6.07, 6.45) is 4.67. The number of thiazole rings is 1. The summed E-state index contributed by atoms with van der Waals surface area (Å²) in [6, 6.07) is 0.578. The molecule has 1 N–H and O–H groups in total. The normalized spacial score (nSPS) is 27.0. The maximum atomic E-state index is 13.3. The third kappa shape index (κ3) is 3.48. The first kappa shape index (κ1) is 19.5. The minimum Gasteiger partial charge on any atom is -0.356 e. The van der Waals surface area contributed by atoms with Crippen molar-refractivity contribution in [3.63, 3.8) is 0 Å². The Hall–Kier alpha value is -1.80. The molecule has 0 spiro atoms. The Morgan fingerprint density at radius 2 is 2.32 bits per heavy atom. The Morgan fingerprint density at radius 1 is 1.46 bits per heavy atom. The number of carbonyl (C=O) groups is 1. The van der Waals surface area contributed by atoms with Gasteiger partial charge in [-0.3, -0.25) is 9.69 Å². The number of carbonyl (C=O) groups excluding carboxylic acids is 1. The Kier molecular flexibility index (Phi) is 5.51. The number of fused-ring (bicyclic) bond motifs is 2. The summed E-state index contributed by atoms with van der Waals surface area (Å²) >= 11 is 1.59. The lowest BCUT2D eigenvalue weighted by atomic mass is 9.70. The summed E-state index contributed by atoms with van der Waals surface area (Å²) in [6.45, 7) is 7.55. The highest BCUT2D eigenvalue weighted by molar-refractivity contribution is 7.07. The zero-order chi connectivity index (χ0) is 19.7. The maximum absolute atomic E-state index is 13.3. The quantitative estimate of drug-likeness (QED) is 0.729. The van der Waals surface area contributed by atoms with Crippen LogP contribution in [0.1, 0.15) is 69.8 Å². The van der Waals surface area contributed by atoms with E-state index in [1.807, 2.05) is 19.4 Å². The van der Waals surface area contributed by atoms with Crippen LogP contribution in [0.25, 0.3) is 0 Å². The van der Waals surface area contributed by atoms with Crippen molar-refractivity contribution in [1.29, 1.82) is 0 Å². The van der Waals surface area contributed by atoms with E-state index >= 15 is 0 Å². The molecule has 2 bridgehead atoms. The van der Waals surface area contributed by atoms with Crippen molar-refractivity contribution >= 4 is 17.2 Å². The maximum Gasteiger partial charge on any atom is 0.229 e. The van der Waals surface area contributed by atoms with Gasteiger partial charge in [-0.15, -0.1) is 11.3 Å². The van der Waals surface area contributed by atoms with Crippen molar-refractivity contribution in [3.8, 4) is 0 Å². The molecule has 0 radical (unpaired) electrons. The molecule has 7 nitrogen and oxygen atoms in total. The van der Waals surface area contributed by atoms with Crippen molar-refractivity contribution in [3.05, 3.63) is 28.3 Å². The second-order valence-electron chi connectivity index (χ2n) is 8.40. The Labute approximate surface area is 169 Å². The van der Waals surface area contributed by atoms with Crippen LogP contribution in [0.3, 0.4) is 0 Å². The summed E-state index contributed by atoms with van der Waals surface area (Å²) < 4.78 is 5.39. The van der Waals surface area contributed by atoms with Crippen LogP contribution in [0.4, 0.5) is 0 Å². The van der Waals surface area contributed by atoms with E-state index in [4.69, 9.17) is 4.52 Å². The van der Waals surface area contributed by atoms with Gasteiger partial charge in [0.05, 0.1) is 23.2 Å². The van der Waals surface area contributed by atoms with Crippen LogP contribution in [-0.2, 0) is 17.8 Å². The Morgan fingerprint density at radius 3 is 3.00 bits per heavy atom. The number of rotatable bonds is 8. The molecular formula is C20H29N5O2S. The van der Waals surface area contributed by atoms with Gasteiger partial charge in [-0.1, -0.05) is 25.9 Å². The van der Waals surface area contributed by atoms with Gasteiger partial charge in [0.25, 0.3) is 0 Å². The lowest BCUT2D eigenvalue weighted by molar-refractivity contribution is -0.133. The average Bonchev–Trinajstić information content (AvgIpc) is 3.46. The molecule has 2 aliphatic rings. The van der Waals surface area contributed by atoms with Crippen LogP contribution in [0.5, 0.6) is 0 Å². The lowest BCUT2D eigenvalue weighted by Gasteiger charge is -2.36. The minimum absolute atomic E-state index is 0.176. The average molecular weight is 404 g/mol. The molecule has 0 unspecified atom stereocenters. The predicted octanol–water partition coefficient (Wildman–Crippen LogP) is 3.14. The van der Waals surface area contributed by atoms with Crippen molar-refractivity contribution in [2.75, 3.05) is 6.54 Å². The van der Waals surface area contributed by atoms with Gasteiger partial charge in [-0.05, 0) is 25.7 Å². The van der Waals surface area contributed by atoms with Gasteiger partial charge in [0.15, 0.2) is 5.82 Å². The summed E-state index contributed by atoms with van der Waals surface area (Å²) in [5.41, 5.74) is 2.45. The number of nitrogens with zero attached hydrogens (tertiary/aromatic N) is 4.